The molecule has 3 aliphatic heterocycles. The van der Waals surface area contributed by atoms with E-state index >= 15 is 0 Å². The molecule has 14 nitrogen and oxygen atoms in total. The van der Waals surface area contributed by atoms with Crippen LogP contribution in [0.15, 0.2) is 48.7 Å². The lowest BCUT2D eigenvalue weighted by Gasteiger charge is -2.42. The van der Waals surface area contributed by atoms with E-state index in [0.717, 1.165) is 85.8 Å². The van der Waals surface area contributed by atoms with Crippen LogP contribution < -0.4 is 20.9 Å². The molecule has 258 valence electrons. The molecule has 1 aliphatic carbocycles. The molecule has 1 aromatic carbocycles. The molecule has 0 radical (unpaired) electrons. The number of fused-ring (bicyclic) bond motifs is 3. The maximum atomic E-state index is 12.9. The van der Waals surface area contributed by atoms with Crippen LogP contribution in [0, 0.1) is 5.92 Å². The lowest BCUT2D eigenvalue weighted by Crippen LogP contribution is -2.48. The van der Waals surface area contributed by atoms with Crippen LogP contribution in [0.25, 0.3) is 11.1 Å². The fourth-order valence-corrected chi connectivity index (χ4v) is 7.28. The van der Waals surface area contributed by atoms with Crippen molar-refractivity contribution in [2.45, 2.75) is 51.2 Å². The molecule has 0 bridgehead atoms. The van der Waals surface area contributed by atoms with Crippen LogP contribution in [0.2, 0.25) is 0 Å². The Hall–Kier alpha value is -5.37. The molecule has 3 amide bonds. The number of hydrogen-bond acceptors (Lipinski definition) is 10. The first kappa shape index (κ1) is 31.9. The van der Waals surface area contributed by atoms with E-state index in [1.165, 1.54) is 0 Å². The number of carbonyl (C=O) groups excluding carboxylic acids is 3. The molecule has 3 N–H and O–H groups in total. The van der Waals surface area contributed by atoms with Crippen LogP contribution in [0.4, 0.5) is 22.9 Å². The molecule has 50 heavy (non-hydrogen) atoms. The number of amides is 3. The van der Waals surface area contributed by atoms with Crippen LogP contribution in [0.3, 0.4) is 0 Å². The van der Waals surface area contributed by atoms with E-state index in [2.05, 4.69) is 60.7 Å². The minimum Gasteiger partial charge on any atom is -0.364 e. The van der Waals surface area contributed by atoms with Crippen LogP contribution in [-0.4, -0.2) is 92.8 Å². The van der Waals surface area contributed by atoms with Gasteiger partial charge in [-0.25, -0.2) is 4.98 Å². The minimum absolute atomic E-state index is 0.00624. The first-order valence-corrected chi connectivity index (χ1v) is 17.4. The van der Waals surface area contributed by atoms with Gasteiger partial charge in [-0.15, -0.1) is 10.2 Å². The average Bonchev–Trinajstić information content (AvgIpc) is 3.64. The summed E-state index contributed by atoms with van der Waals surface area (Å²) in [5.74, 6) is -0.147. The fourth-order valence-electron chi connectivity index (χ4n) is 7.28. The normalized spacial score (nSPS) is 18.7. The van der Waals surface area contributed by atoms with Crippen molar-refractivity contribution in [3.8, 4) is 11.1 Å². The van der Waals surface area contributed by atoms with Gasteiger partial charge in [-0.2, -0.15) is 5.10 Å². The minimum atomic E-state index is -0.385. The molecule has 0 unspecified atom stereocenters. The number of anilines is 4. The van der Waals surface area contributed by atoms with Crippen molar-refractivity contribution in [3.63, 3.8) is 0 Å². The topological polar surface area (TPSA) is 154 Å². The van der Waals surface area contributed by atoms with Gasteiger partial charge in [0, 0.05) is 69.9 Å². The molecule has 1 atom stereocenters. The molecule has 2 saturated heterocycles. The summed E-state index contributed by atoms with van der Waals surface area (Å²) in [6, 6.07) is 13.7. The number of rotatable bonds is 9. The van der Waals surface area contributed by atoms with E-state index in [4.69, 9.17) is 10.1 Å². The van der Waals surface area contributed by atoms with Crippen molar-refractivity contribution in [2.75, 3.05) is 55.8 Å². The Morgan fingerprint density at radius 2 is 1.74 bits per heavy atom. The Balaban J connectivity index is 1.01. The maximum absolute atomic E-state index is 12.9. The molecule has 3 fully saturated rings. The van der Waals surface area contributed by atoms with Gasteiger partial charge < -0.3 is 25.8 Å². The number of carbonyl (C=O) groups is 3. The molecule has 0 spiro atoms. The summed E-state index contributed by atoms with van der Waals surface area (Å²) in [5, 5.41) is 22.1. The molecular formula is C36H41N11O3. The molecule has 8 rings (SSSR count). The lowest BCUT2D eigenvalue weighted by atomic mass is 9.93. The molecule has 3 aromatic heterocycles. The van der Waals surface area contributed by atoms with E-state index in [0.29, 0.717) is 23.7 Å². The largest absolute Gasteiger partial charge is 0.364 e. The van der Waals surface area contributed by atoms with Gasteiger partial charge in [0.2, 0.25) is 5.91 Å². The van der Waals surface area contributed by atoms with Gasteiger partial charge in [0.25, 0.3) is 11.8 Å². The first-order valence-electron chi connectivity index (χ1n) is 17.4. The third-order valence-electron chi connectivity index (χ3n) is 10.3. The molecular weight excluding hydrogens is 634 g/mol. The average molecular weight is 676 g/mol. The summed E-state index contributed by atoms with van der Waals surface area (Å²) < 4.78 is 2.17. The van der Waals surface area contributed by atoms with Gasteiger partial charge >= 0.3 is 0 Å². The Bertz CT molecular complexity index is 1980. The third kappa shape index (κ3) is 5.82. The van der Waals surface area contributed by atoms with Gasteiger partial charge in [-0.1, -0.05) is 18.2 Å². The summed E-state index contributed by atoms with van der Waals surface area (Å²) in [5.41, 5.74) is 7.01. The highest BCUT2D eigenvalue weighted by molar-refractivity contribution is 6.01. The molecule has 4 aromatic rings. The molecule has 1 saturated carbocycles. The van der Waals surface area contributed by atoms with Crippen molar-refractivity contribution in [1.82, 2.24) is 40.1 Å². The molecule has 6 heterocycles. The van der Waals surface area contributed by atoms with E-state index < -0.39 is 0 Å². The van der Waals surface area contributed by atoms with E-state index in [1.54, 1.807) is 13.1 Å². The number of para-hydroxylation sites is 1. The van der Waals surface area contributed by atoms with Crippen molar-refractivity contribution >= 4 is 40.6 Å². The number of aromatic nitrogens is 5. The molecule has 4 aliphatic rings. The smallest absolute Gasteiger partial charge is 0.273 e. The van der Waals surface area contributed by atoms with Crippen molar-refractivity contribution in [3.05, 3.63) is 71.4 Å². The summed E-state index contributed by atoms with van der Waals surface area (Å²) in [4.78, 5) is 49.3. The second-order valence-electron chi connectivity index (χ2n) is 13.7. The Labute approximate surface area is 290 Å². The standard InChI is InChI=1S/C36H41N11O3/c1-21-32-26(17-38-47(32)24-19-45(20-24)18-23-8-6-11-28(39-23)36(50)46-14-4-5-15-46)25-9-7-10-27(33(25)44(21)3)40-29-16-30(41-34(48)22-12-13-22)42-43-31(29)35(49)37-2/h6-11,16-17,21-22,24H,4-5,12-15,18-20H2,1-3H3,(H,37,49)(H2,40,41,42,48)/t21-/m0/s1. The number of nitrogens with one attached hydrogen (secondary N) is 3. The van der Waals surface area contributed by atoms with Crippen LogP contribution in [0.1, 0.15) is 77.1 Å². The zero-order valence-electron chi connectivity index (χ0n) is 28.5. The van der Waals surface area contributed by atoms with Gasteiger partial charge in [0.05, 0.1) is 46.7 Å². The third-order valence-corrected chi connectivity index (χ3v) is 10.3. The zero-order valence-corrected chi connectivity index (χ0v) is 28.5. The highest BCUT2D eigenvalue weighted by Gasteiger charge is 2.37. The number of benzene rings is 1. The summed E-state index contributed by atoms with van der Waals surface area (Å²) in [6.45, 7) is 6.15. The highest BCUT2D eigenvalue weighted by atomic mass is 16.2. The van der Waals surface area contributed by atoms with E-state index in [1.807, 2.05) is 41.4 Å². The number of nitrogens with zero attached hydrogens (tertiary/aromatic N) is 8. The van der Waals surface area contributed by atoms with Gasteiger partial charge in [0.15, 0.2) is 11.5 Å². The van der Waals surface area contributed by atoms with Gasteiger partial charge in [-0.05, 0) is 50.8 Å². The summed E-state index contributed by atoms with van der Waals surface area (Å²) >= 11 is 0. The van der Waals surface area contributed by atoms with Crippen LogP contribution in [0.5, 0.6) is 0 Å². The zero-order chi connectivity index (χ0) is 34.5. The van der Waals surface area contributed by atoms with Crippen molar-refractivity contribution in [1.29, 1.82) is 0 Å². The van der Waals surface area contributed by atoms with Crippen LogP contribution >= 0.6 is 0 Å². The number of hydrogen-bond donors (Lipinski definition) is 3. The van der Waals surface area contributed by atoms with Gasteiger partial charge in [-0.3, -0.25) is 24.0 Å². The van der Waals surface area contributed by atoms with Crippen LogP contribution in [-0.2, 0) is 11.3 Å². The van der Waals surface area contributed by atoms with E-state index in [9.17, 15) is 14.4 Å². The number of likely N-dealkylation sites (tertiary alicyclic amines) is 2. The lowest BCUT2D eigenvalue weighted by molar-refractivity contribution is -0.117. The highest BCUT2D eigenvalue weighted by Crippen LogP contribution is 2.49. The predicted molar refractivity (Wildman–Crippen MR) is 188 cm³/mol. The second kappa shape index (κ2) is 12.8. The van der Waals surface area contributed by atoms with Gasteiger partial charge in [0.1, 0.15) is 5.69 Å². The Morgan fingerprint density at radius 3 is 2.50 bits per heavy atom. The second-order valence-corrected chi connectivity index (χ2v) is 13.7. The SMILES string of the molecule is CNC(=O)c1nnc(NC(=O)C2CC2)cc1Nc1cccc2c1N(C)[C@@H](C)c1c-2cnn1C1CN(Cc2cccc(C(=O)N3CCCC3)n2)C1. The predicted octanol–water partition coefficient (Wildman–Crippen LogP) is 3.99. The molecule has 14 heteroatoms. The summed E-state index contributed by atoms with van der Waals surface area (Å²) in [7, 11) is 3.61. The van der Waals surface area contributed by atoms with Crippen molar-refractivity contribution in [2.24, 2.45) is 5.92 Å². The quantitative estimate of drug-likeness (QED) is 0.237. The Morgan fingerprint density at radius 1 is 0.960 bits per heavy atom. The monoisotopic (exact) mass is 675 g/mol. The van der Waals surface area contributed by atoms with E-state index in [-0.39, 0.29) is 41.4 Å². The van der Waals surface area contributed by atoms with Crippen molar-refractivity contribution < 1.29 is 14.4 Å². The Kier molecular flexibility index (Phi) is 8.17. The number of pyridine rings is 1. The summed E-state index contributed by atoms with van der Waals surface area (Å²) in [6.07, 6.45) is 5.80. The first-order chi connectivity index (χ1) is 24.3. The maximum Gasteiger partial charge on any atom is 0.273 e. The fraction of sp³-hybridized carbons (Fsp3) is 0.417.